The molecule has 0 aromatic heterocycles. The minimum absolute atomic E-state index is 0.240. The van der Waals surface area contributed by atoms with Gasteiger partial charge < -0.3 is 0 Å². The van der Waals surface area contributed by atoms with Gasteiger partial charge in [-0.1, -0.05) is 18.2 Å². The number of hydrogen-bond acceptors (Lipinski definition) is 1. The lowest BCUT2D eigenvalue weighted by molar-refractivity contribution is -0.118. The van der Waals surface area contributed by atoms with Gasteiger partial charge in [-0.2, -0.15) is 0 Å². The zero-order chi connectivity index (χ0) is 12.3. The Morgan fingerprint density at radius 3 is 2.50 bits per heavy atom. The molecule has 1 aromatic rings. The fourth-order valence-corrected chi connectivity index (χ4v) is 4.29. The first-order valence-corrected chi connectivity index (χ1v) is 6.76. The quantitative estimate of drug-likeness (QED) is 0.737. The number of carbonyl (C=O) groups is 1. The SMILES string of the molecule is O=C1C(c2ccc(F)cc2)=CC2C3CCC(C3)C12. The predicted molar refractivity (Wildman–Crippen MR) is 67.2 cm³/mol. The molecule has 0 amide bonds. The maximum atomic E-state index is 12.9. The van der Waals surface area contributed by atoms with Crippen molar-refractivity contribution >= 4 is 11.4 Å². The summed E-state index contributed by atoms with van der Waals surface area (Å²) >= 11 is 0. The lowest BCUT2D eigenvalue weighted by atomic mass is 9.81. The normalized spacial score (nSPS) is 36.9. The van der Waals surface area contributed by atoms with Crippen molar-refractivity contribution in [1.82, 2.24) is 0 Å². The Kier molecular flexibility index (Phi) is 2.06. The Morgan fingerprint density at radius 1 is 1.06 bits per heavy atom. The zero-order valence-electron chi connectivity index (χ0n) is 10.1. The van der Waals surface area contributed by atoms with Gasteiger partial charge in [0.25, 0.3) is 0 Å². The molecule has 0 spiro atoms. The van der Waals surface area contributed by atoms with Crippen LogP contribution >= 0.6 is 0 Å². The van der Waals surface area contributed by atoms with Gasteiger partial charge in [0, 0.05) is 11.5 Å². The highest BCUT2D eigenvalue weighted by Crippen LogP contribution is 2.57. The third-order valence-corrected chi connectivity index (χ3v) is 5.06. The minimum Gasteiger partial charge on any atom is -0.294 e. The van der Waals surface area contributed by atoms with E-state index in [-0.39, 0.29) is 11.7 Å². The van der Waals surface area contributed by atoms with Crippen molar-refractivity contribution in [2.24, 2.45) is 23.7 Å². The number of carbonyl (C=O) groups excluding carboxylic acids is 1. The van der Waals surface area contributed by atoms with Crippen LogP contribution < -0.4 is 0 Å². The number of Topliss-reactive ketones (excluding diaryl/α,β-unsaturated/α-hetero) is 1. The molecule has 0 N–H and O–H groups in total. The second-order valence-electron chi connectivity index (χ2n) is 5.89. The van der Waals surface area contributed by atoms with Crippen molar-refractivity contribution in [1.29, 1.82) is 0 Å². The van der Waals surface area contributed by atoms with Gasteiger partial charge in [-0.25, -0.2) is 4.39 Å². The summed E-state index contributed by atoms with van der Waals surface area (Å²) in [5.41, 5.74) is 1.72. The monoisotopic (exact) mass is 242 g/mol. The maximum absolute atomic E-state index is 12.9. The van der Waals surface area contributed by atoms with Crippen LogP contribution in [0.4, 0.5) is 4.39 Å². The maximum Gasteiger partial charge on any atom is 0.167 e. The molecule has 0 radical (unpaired) electrons. The van der Waals surface area contributed by atoms with Gasteiger partial charge in [-0.05, 0) is 54.7 Å². The minimum atomic E-state index is -0.245. The summed E-state index contributed by atoms with van der Waals surface area (Å²) in [6, 6.07) is 6.32. The summed E-state index contributed by atoms with van der Waals surface area (Å²) < 4.78 is 12.9. The van der Waals surface area contributed by atoms with E-state index in [1.165, 1.54) is 31.4 Å². The smallest absolute Gasteiger partial charge is 0.167 e. The molecule has 2 fully saturated rings. The van der Waals surface area contributed by atoms with E-state index in [0.717, 1.165) is 17.1 Å². The molecular weight excluding hydrogens is 227 g/mol. The van der Waals surface area contributed by atoms with Crippen LogP contribution in [0.25, 0.3) is 5.57 Å². The molecule has 2 bridgehead atoms. The second kappa shape index (κ2) is 3.53. The molecule has 3 aliphatic rings. The number of fused-ring (bicyclic) bond motifs is 5. The lowest BCUT2D eigenvalue weighted by Gasteiger charge is -2.22. The van der Waals surface area contributed by atoms with Crippen LogP contribution in [0.1, 0.15) is 24.8 Å². The summed E-state index contributed by atoms with van der Waals surface area (Å²) in [5, 5.41) is 0. The molecule has 4 atom stereocenters. The third kappa shape index (κ3) is 1.29. The van der Waals surface area contributed by atoms with Crippen LogP contribution in [0.2, 0.25) is 0 Å². The number of ketones is 1. The van der Waals surface area contributed by atoms with Gasteiger partial charge in [0.05, 0.1) is 0 Å². The Bertz CT molecular complexity index is 543. The highest BCUT2D eigenvalue weighted by atomic mass is 19.1. The first kappa shape index (κ1) is 10.5. The van der Waals surface area contributed by atoms with Gasteiger partial charge in [0.15, 0.2) is 5.78 Å². The summed E-state index contributed by atoms with van der Waals surface area (Å²) in [7, 11) is 0. The average Bonchev–Trinajstić information content (AvgIpc) is 3.03. The van der Waals surface area contributed by atoms with Gasteiger partial charge in [-0.15, -0.1) is 0 Å². The number of halogens is 1. The molecule has 2 saturated carbocycles. The van der Waals surface area contributed by atoms with Crippen LogP contribution in [0.5, 0.6) is 0 Å². The van der Waals surface area contributed by atoms with E-state index in [1.54, 1.807) is 12.1 Å². The Labute approximate surface area is 106 Å². The van der Waals surface area contributed by atoms with Crippen LogP contribution in [0, 0.1) is 29.5 Å². The van der Waals surface area contributed by atoms with E-state index in [9.17, 15) is 9.18 Å². The molecule has 4 rings (SSSR count). The number of benzene rings is 1. The molecule has 92 valence electrons. The largest absolute Gasteiger partial charge is 0.294 e. The molecule has 0 saturated heterocycles. The molecular formula is C16H15FO. The second-order valence-corrected chi connectivity index (χ2v) is 5.89. The van der Waals surface area contributed by atoms with E-state index in [0.29, 0.717) is 17.6 Å². The van der Waals surface area contributed by atoms with E-state index >= 15 is 0 Å². The Hall–Kier alpha value is -1.44. The zero-order valence-corrected chi connectivity index (χ0v) is 10.1. The molecule has 18 heavy (non-hydrogen) atoms. The van der Waals surface area contributed by atoms with Crippen molar-refractivity contribution in [3.63, 3.8) is 0 Å². The van der Waals surface area contributed by atoms with Crippen molar-refractivity contribution in [3.8, 4) is 0 Å². The van der Waals surface area contributed by atoms with Gasteiger partial charge in [-0.3, -0.25) is 4.79 Å². The predicted octanol–water partition coefficient (Wildman–Crippen LogP) is 3.45. The van der Waals surface area contributed by atoms with Crippen LogP contribution in [-0.2, 0) is 4.79 Å². The number of allylic oxidation sites excluding steroid dienone is 2. The third-order valence-electron chi connectivity index (χ3n) is 5.06. The molecule has 1 nitrogen and oxygen atoms in total. The fourth-order valence-electron chi connectivity index (χ4n) is 4.29. The summed E-state index contributed by atoms with van der Waals surface area (Å²) in [6.07, 6.45) is 5.92. The van der Waals surface area contributed by atoms with E-state index in [4.69, 9.17) is 0 Å². The van der Waals surface area contributed by atoms with Crippen LogP contribution in [-0.4, -0.2) is 5.78 Å². The Morgan fingerprint density at radius 2 is 1.78 bits per heavy atom. The molecule has 4 unspecified atom stereocenters. The molecule has 0 heterocycles. The lowest BCUT2D eigenvalue weighted by Crippen LogP contribution is -2.23. The van der Waals surface area contributed by atoms with Gasteiger partial charge in [0.2, 0.25) is 0 Å². The standard InChI is InChI=1S/C16H15FO/c17-12-5-3-9(4-6-12)14-8-13-10-1-2-11(7-10)15(13)16(14)18/h3-6,8,10-11,13,15H,1-2,7H2. The number of hydrogen-bond donors (Lipinski definition) is 0. The first-order chi connectivity index (χ1) is 8.74. The van der Waals surface area contributed by atoms with Gasteiger partial charge in [0.1, 0.15) is 5.82 Å². The highest BCUT2D eigenvalue weighted by molar-refractivity contribution is 6.24. The van der Waals surface area contributed by atoms with Crippen LogP contribution in [0.15, 0.2) is 30.3 Å². The van der Waals surface area contributed by atoms with E-state index in [1.807, 2.05) is 0 Å². The molecule has 2 heteroatoms. The van der Waals surface area contributed by atoms with Crippen molar-refractivity contribution in [2.75, 3.05) is 0 Å². The summed E-state index contributed by atoms with van der Waals surface area (Å²) in [4.78, 5) is 12.5. The fraction of sp³-hybridized carbons (Fsp3) is 0.438. The Balaban J connectivity index is 1.73. The summed E-state index contributed by atoms with van der Waals surface area (Å²) in [5.74, 6) is 2.10. The molecule has 3 aliphatic carbocycles. The van der Waals surface area contributed by atoms with E-state index < -0.39 is 0 Å². The molecule has 0 aliphatic heterocycles. The van der Waals surface area contributed by atoms with E-state index in [2.05, 4.69) is 6.08 Å². The van der Waals surface area contributed by atoms with Crippen molar-refractivity contribution in [2.45, 2.75) is 19.3 Å². The number of rotatable bonds is 1. The average molecular weight is 242 g/mol. The first-order valence-electron chi connectivity index (χ1n) is 6.76. The molecule has 1 aromatic carbocycles. The highest BCUT2D eigenvalue weighted by Gasteiger charge is 2.53. The topological polar surface area (TPSA) is 17.1 Å². The van der Waals surface area contributed by atoms with Crippen molar-refractivity contribution < 1.29 is 9.18 Å². The van der Waals surface area contributed by atoms with Crippen LogP contribution in [0.3, 0.4) is 0 Å². The van der Waals surface area contributed by atoms with Gasteiger partial charge >= 0.3 is 0 Å². The van der Waals surface area contributed by atoms with Crippen molar-refractivity contribution in [3.05, 3.63) is 41.7 Å². The summed E-state index contributed by atoms with van der Waals surface area (Å²) in [6.45, 7) is 0.